The number of aryl methyl sites for hydroxylation is 1. The quantitative estimate of drug-likeness (QED) is 0.742. The van der Waals surface area contributed by atoms with Gasteiger partial charge in [0.1, 0.15) is 0 Å². The largest absolute Gasteiger partial charge is 0.387 e. The lowest BCUT2D eigenvalue weighted by Gasteiger charge is -2.32. The molecule has 5 nitrogen and oxygen atoms in total. The fourth-order valence-corrected chi connectivity index (χ4v) is 2.95. The number of aliphatic hydroxyl groups excluding tert-OH is 1. The van der Waals surface area contributed by atoms with E-state index in [9.17, 15) is 18.7 Å². The smallest absolute Gasteiger partial charge is 0.315 e. The van der Waals surface area contributed by atoms with Crippen LogP contribution in [0.1, 0.15) is 30.1 Å². The zero-order valence-corrected chi connectivity index (χ0v) is 13.8. The molecule has 24 heavy (non-hydrogen) atoms. The van der Waals surface area contributed by atoms with Crippen molar-refractivity contribution in [3.05, 3.63) is 35.4 Å². The lowest BCUT2D eigenvalue weighted by molar-refractivity contribution is 0.0736. The van der Waals surface area contributed by atoms with Crippen LogP contribution in [0.3, 0.4) is 0 Å². The second-order valence-corrected chi connectivity index (χ2v) is 6.19. The molecule has 1 fully saturated rings. The van der Waals surface area contributed by atoms with Crippen LogP contribution in [-0.4, -0.2) is 54.7 Å². The van der Waals surface area contributed by atoms with Crippen LogP contribution in [0, 0.1) is 6.92 Å². The van der Waals surface area contributed by atoms with Crippen molar-refractivity contribution in [3.8, 4) is 0 Å². The Labute approximate surface area is 141 Å². The molecule has 0 unspecified atom stereocenters. The summed E-state index contributed by atoms with van der Waals surface area (Å²) in [5, 5.41) is 15.7. The van der Waals surface area contributed by atoms with Crippen molar-refractivity contribution in [2.45, 2.75) is 38.3 Å². The average molecular weight is 341 g/mol. The summed E-state index contributed by atoms with van der Waals surface area (Å²) >= 11 is 0. The molecule has 1 aromatic carbocycles. The SMILES string of the molecule is Cc1ccccc1[C@H](O)CNC(=O)NC1CCN(CC(F)F)CC1. The van der Waals surface area contributed by atoms with Gasteiger partial charge in [0.25, 0.3) is 6.43 Å². The minimum absolute atomic E-state index is 0.0190. The van der Waals surface area contributed by atoms with Crippen LogP contribution in [0.15, 0.2) is 24.3 Å². The molecule has 0 bridgehead atoms. The van der Waals surface area contributed by atoms with Crippen molar-refractivity contribution >= 4 is 6.03 Å². The number of piperidine rings is 1. The molecular weight excluding hydrogens is 316 g/mol. The van der Waals surface area contributed by atoms with Crippen molar-refractivity contribution < 1.29 is 18.7 Å². The highest BCUT2D eigenvalue weighted by molar-refractivity contribution is 5.74. The topological polar surface area (TPSA) is 64.6 Å². The number of nitrogens with zero attached hydrogens (tertiary/aromatic N) is 1. The normalized spacial score (nSPS) is 17.7. The fourth-order valence-electron chi connectivity index (χ4n) is 2.95. The Kier molecular flexibility index (Phi) is 6.93. The summed E-state index contributed by atoms with van der Waals surface area (Å²) in [6.07, 6.45) is -1.77. The minimum atomic E-state index is -2.32. The summed E-state index contributed by atoms with van der Waals surface area (Å²) in [7, 11) is 0. The molecule has 1 aliphatic rings. The van der Waals surface area contributed by atoms with Crippen molar-refractivity contribution in [3.63, 3.8) is 0 Å². The Morgan fingerprint density at radius 2 is 2.00 bits per heavy atom. The van der Waals surface area contributed by atoms with E-state index in [1.54, 1.807) is 4.90 Å². The molecule has 1 atom stereocenters. The number of hydrogen-bond donors (Lipinski definition) is 3. The molecule has 0 aliphatic carbocycles. The van der Waals surface area contributed by atoms with Crippen LogP contribution in [-0.2, 0) is 0 Å². The number of amides is 2. The molecule has 2 rings (SSSR count). The molecular formula is C17H25F2N3O2. The minimum Gasteiger partial charge on any atom is -0.387 e. The molecule has 2 amide bonds. The number of alkyl halides is 2. The summed E-state index contributed by atoms with van der Waals surface area (Å²) < 4.78 is 24.7. The summed E-state index contributed by atoms with van der Waals surface area (Å²) in [5.41, 5.74) is 1.76. The van der Waals surface area contributed by atoms with Gasteiger partial charge in [0.05, 0.1) is 12.6 Å². The van der Waals surface area contributed by atoms with Crippen molar-refractivity contribution in [2.75, 3.05) is 26.2 Å². The van der Waals surface area contributed by atoms with Gasteiger partial charge in [0.2, 0.25) is 0 Å². The van der Waals surface area contributed by atoms with E-state index < -0.39 is 12.5 Å². The fraction of sp³-hybridized carbons (Fsp3) is 0.588. The lowest BCUT2D eigenvalue weighted by atomic mass is 10.0. The van der Waals surface area contributed by atoms with Gasteiger partial charge in [-0.05, 0) is 30.9 Å². The molecule has 1 aromatic rings. The molecule has 1 aliphatic heterocycles. The van der Waals surface area contributed by atoms with Crippen molar-refractivity contribution in [1.82, 2.24) is 15.5 Å². The van der Waals surface area contributed by atoms with Crippen LogP contribution >= 0.6 is 0 Å². The monoisotopic (exact) mass is 341 g/mol. The first-order chi connectivity index (χ1) is 11.5. The standard InChI is InChI=1S/C17H25F2N3O2/c1-12-4-2-3-5-14(12)15(23)10-20-17(24)21-13-6-8-22(9-7-13)11-16(18)19/h2-5,13,15-16,23H,6-11H2,1H3,(H2,20,21,24)/t15-/m1/s1. The zero-order valence-electron chi connectivity index (χ0n) is 13.8. The average Bonchev–Trinajstić information content (AvgIpc) is 2.54. The number of hydrogen-bond acceptors (Lipinski definition) is 3. The van der Waals surface area contributed by atoms with Crippen LogP contribution in [0.2, 0.25) is 0 Å². The van der Waals surface area contributed by atoms with Crippen LogP contribution in [0.4, 0.5) is 13.6 Å². The summed E-state index contributed by atoms with van der Waals surface area (Å²) in [4.78, 5) is 13.6. The van der Waals surface area contributed by atoms with Gasteiger partial charge < -0.3 is 15.7 Å². The Hall–Kier alpha value is -1.73. The Morgan fingerprint density at radius 3 is 2.62 bits per heavy atom. The molecule has 0 radical (unpaired) electrons. The number of rotatable bonds is 6. The van der Waals surface area contributed by atoms with E-state index in [0.29, 0.717) is 25.9 Å². The van der Waals surface area contributed by atoms with E-state index in [2.05, 4.69) is 10.6 Å². The number of carbonyl (C=O) groups excluding carboxylic acids is 1. The lowest BCUT2D eigenvalue weighted by Crippen LogP contribution is -2.49. The number of nitrogens with one attached hydrogen (secondary N) is 2. The number of benzene rings is 1. The summed E-state index contributed by atoms with van der Waals surface area (Å²) in [6, 6.07) is 7.12. The molecule has 0 spiro atoms. The molecule has 7 heteroatoms. The molecule has 1 heterocycles. The Bertz CT molecular complexity index is 534. The van der Waals surface area contributed by atoms with E-state index in [1.807, 2.05) is 31.2 Å². The highest BCUT2D eigenvalue weighted by Crippen LogP contribution is 2.16. The van der Waals surface area contributed by atoms with Gasteiger partial charge in [0, 0.05) is 25.7 Å². The van der Waals surface area contributed by atoms with E-state index in [4.69, 9.17) is 0 Å². The number of halogens is 2. The number of urea groups is 1. The van der Waals surface area contributed by atoms with Crippen LogP contribution in [0.5, 0.6) is 0 Å². The second kappa shape index (κ2) is 8.94. The van der Waals surface area contributed by atoms with E-state index in [1.165, 1.54) is 0 Å². The van der Waals surface area contributed by atoms with Gasteiger partial charge in [-0.2, -0.15) is 0 Å². The third kappa shape index (κ3) is 5.72. The van der Waals surface area contributed by atoms with Crippen LogP contribution in [0.25, 0.3) is 0 Å². The van der Waals surface area contributed by atoms with Gasteiger partial charge in [0.15, 0.2) is 0 Å². The van der Waals surface area contributed by atoms with Gasteiger partial charge in [-0.15, -0.1) is 0 Å². The van der Waals surface area contributed by atoms with Gasteiger partial charge in [-0.3, -0.25) is 4.90 Å². The van der Waals surface area contributed by atoms with Gasteiger partial charge in [-0.1, -0.05) is 24.3 Å². The number of carbonyl (C=O) groups is 1. The second-order valence-electron chi connectivity index (χ2n) is 6.19. The molecule has 1 saturated heterocycles. The summed E-state index contributed by atoms with van der Waals surface area (Å²) in [6.45, 7) is 2.94. The zero-order chi connectivity index (χ0) is 17.5. The Morgan fingerprint density at radius 1 is 1.33 bits per heavy atom. The first kappa shape index (κ1) is 18.6. The molecule has 0 aromatic heterocycles. The van der Waals surface area contributed by atoms with Gasteiger partial charge in [-0.25, -0.2) is 13.6 Å². The van der Waals surface area contributed by atoms with Crippen LogP contribution < -0.4 is 10.6 Å². The van der Waals surface area contributed by atoms with Crippen molar-refractivity contribution in [1.29, 1.82) is 0 Å². The maximum absolute atomic E-state index is 12.3. The predicted molar refractivity (Wildman–Crippen MR) is 88.1 cm³/mol. The van der Waals surface area contributed by atoms with E-state index in [-0.39, 0.29) is 25.2 Å². The highest BCUT2D eigenvalue weighted by Gasteiger charge is 2.22. The van der Waals surface area contributed by atoms with E-state index in [0.717, 1.165) is 11.1 Å². The Balaban J connectivity index is 1.70. The molecule has 0 saturated carbocycles. The first-order valence-electron chi connectivity index (χ1n) is 8.24. The van der Waals surface area contributed by atoms with Gasteiger partial charge >= 0.3 is 6.03 Å². The third-order valence-electron chi connectivity index (χ3n) is 4.32. The highest BCUT2D eigenvalue weighted by atomic mass is 19.3. The first-order valence-corrected chi connectivity index (χ1v) is 8.24. The molecule has 3 N–H and O–H groups in total. The van der Waals surface area contributed by atoms with E-state index >= 15 is 0 Å². The predicted octanol–water partition coefficient (Wildman–Crippen LogP) is 2.06. The molecule has 134 valence electrons. The maximum atomic E-state index is 12.3. The van der Waals surface area contributed by atoms with Crippen molar-refractivity contribution in [2.24, 2.45) is 0 Å². The summed E-state index contributed by atoms with van der Waals surface area (Å²) in [5.74, 6) is 0. The number of likely N-dealkylation sites (tertiary alicyclic amines) is 1. The maximum Gasteiger partial charge on any atom is 0.315 e. The number of aliphatic hydroxyl groups is 1. The third-order valence-corrected chi connectivity index (χ3v) is 4.32.